The standard InChI is InChI=1S/C47H69F3N2O11/c1-10-26-12-11-13-36(63-38-15-14-35(52(5)6)23(3)59-38)22(2)42(54)32-20-29-28-18-27(62-47-46(58-9)45(57-8)44(56-7)24(4)60-47)19-31(28)43(55)41(39(29)30(32)21-37(53)61-26)51-25-16-33(48)40(50)34(49)17-25/h16-17,20,22-24,26-31,35-36,38-39,41,43-47,51,55H,10-15,18-19,21H2,1-9H3/t22-,23?,24?,26+,27+,28+,29+,30-,31-,35+,36+,38+,39-,41-,43-,44+,45?,46+,47+/m1/s1. The van der Waals surface area contributed by atoms with Gasteiger partial charge in [-0.3, -0.25) is 9.59 Å². The van der Waals surface area contributed by atoms with Crippen molar-refractivity contribution in [3.63, 3.8) is 0 Å². The van der Waals surface area contributed by atoms with Gasteiger partial charge in [0.05, 0.1) is 43.0 Å². The molecule has 2 saturated carbocycles. The van der Waals surface area contributed by atoms with Crippen molar-refractivity contribution in [2.24, 2.45) is 35.5 Å². The van der Waals surface area contributed by atoms with E-state index in [0.29, 0.717) is 50.5 Å². The number of hydrogen-bond donors (Lipinski definition) is 2. The van der Waals surface area contributed by atoms with Gasteiger partial charge in [0, 0.05) is 57.0 Å². The summed E-state index contributed by atoms with van der Waals surface area (Å²) in [6.45, 7) is 7.75. The van der Waals surface area contributed by atoms with Gasteiger partial charge in [-0.15, -0.1) is 0 Å². The van der Waals surface area contributed by atoms with Crippen molar-refractivity contribution in [3.05, 3.63) is 41.2 Å². The number of nitrogens with one attached hydrogen (secondary N) is 1. The quantitative estimate of drug-likeness (QED) is 0.193. The molecular weight excluding hydrogens is 826 g/mol. The van der Waals surface area contributed by atoms with E-state index < -0.39 is 108 Å². The summed E-state index contributed by atoms with van der Waals surface area (Å²) in [4.78, 5) is 31.2. The predicted molar refractivity (Wildman–Crippen MR) is 225 cm³/mol. The molecule has 0 bridgehead atoms. The van der Waals surface area contributed by atoms with Gasteiger partial charge in [0.25, 0.3) is 0 Å². The largest absolute Gasteiger partial charge is 0.462 e. The van der Waals surface area contributed by atoms with E-state index in [-0.39, 0.29) is 48.0 Å². The fourth-order valence-corrected chi connectivity index (χ4v) is 12.0. The molecule has 3 saturated heterocycles. The van der Waals surface area contributed by atoms with Gasteiger partial charge in [-0.1, -0.05) is 19.9 Å². The lowest BCUT2D eigenvalue weighted by Gasteiger charge is -2.47. The summed E-state index contributed by atoms with van der Waals surface area (Å²) in [5.41, 5.74) is 0.367. The molecular formula is C47H69F3N2O11. The molecule has 1 aromatic carbocycles. The fourth-order valence-electron chi connectivity index (χ4n) is 12.0. The van der Waals surface area contributed by atoms with Crippen LogP contribution < -0.4 is 5.32 Å². The van der Waals surface area contributed by atoms with Crippen LogP contribution in [-0.4, -0.2) is 137 Å². The molecule has 0 radical (unpaired) electrons. The van der Waals surface area contributed by atoms with Crippen LogP contribution >= 0.6 is 0 Å². The van der Waals surface area contributed by atoms with E-state index in [4.69, 9.17) is 37.9 Å². The molecule has 0 aromatic heterocycles. The summed E-state index contributed by atoms with van der Waals surface area (Å²) in [5, 5.41) is 15.7. The van der Waals surface area contributed by atoms with E-state index in [1.54, 1.807) is 21.3 Å². The smallest absolute Gasteiger partial charge is 0.306 e. The van der Waals surface area contributed by atoms with Gasteiger partial charge < -0.3 is 53.2 Å². The van der Waals surface area contributed by atoms with Crippen LogP contribution in [0.2, 0.25) is 0 Å². The summed E-state index contributed by atoms with van der Waals surface area (Å²) in [6, 6.07) is 1.03. The third kappa shape index (κ3) is 9.90. The number of carbonyl (C=O) groups is 2. The van der Waals surface area contributed by atoms with Crippen LogP contribution in [0.15, 0.2) is 23.8 Å². The first-order chi connectivity index (χ1) is 30.1. The minimum absolute atomic E-state index is 0.0758. The maximum absolute atomic E-state index is 15.1. The normalized spacial score (nSPS) is 42.4. The van der Waals surface area contributed by atoms with E-state index >= 15 is 4.79 Å². The van der Waals surface area contributed by atoms with Crippen molar-refractivity contribution >= 4 is 17.4 Å². The maximum Gasteiger partial charge on any atom is 0.306 e. The molecule has 63 heavy (non-hydrogen) atoms. The number of ketones is 1. The number of fused-ring (bicyclic) bond motifs is 5. The Morgan fingerprint density at radius 3 is 2.17 bits per heavy atom. The number of cyclic esters (lactones) is 1. The minimum Gasteiger partial charge on any atom is -0.462 e. The van der Waals surface area contributed by atoms with Gasteiger partial charge in [-0.2, -0.15) is 0 Å². The van der Waals surface area contributed by atoms with Crippen LogP contribution in [0, 0.1) is 53.0 Å². The monoisotopic (exact) mass is 894 g/mol. The Labute approximate surface area is 370 Å². The first-order valence-electron chi connectivity index (χ1n) is 23.0. The molecule has 354 valence electrons. The first kappa shape index (κ1) is 48.3. The van der Waals surface area contributed by atoms with Crippen molar-refractivity contribution in [1.82, 2.24) is 4.90 Å². The van der Waals surface area contributed by atoms with Crippen molar-refractivity contribution in [2.75, 3.05) is 40.7 Å². The molecule has 3 unspecified atom stereocenters. The first-order valence-corrected chi connectivity index (χ1v) is 23.0. The number of halogens is 3. The van der Waals surface area contributed by atoms with Gasteiger partial charge in [0.2, 0.25) is 0 Å². The number of benzene rings is 1. The summed E-state index contributed by atoms with van der Waals surface area (Å²) >= 11 is 0. The van der Waals surface area contributed by atoms with Crippen molar-refractivity contribution < 1.29 is 65.8 Å². The number of methoxy groups -OCH3 is 3. The van der Waals surface area contributed by atoms with Crippen LogP contribution in [-0.2, 0) is 47.5 Å². The summed E-state index contributed by atoms with van der Waals surface area (Å²) < 4.78 is 93.3. The van der Waals surface area contributed by atoms with Gasteiger partial charge in [0.15, 0.2) is 35.8 Å². The highest BCUT2D eigenvalue weighted by atomic mass is 19.2. The summed E-state index contributed by atoms with van der Waals surface area (Å²) in [5.74, 6) is -8.01. The average molecular weight is 895 g/mol. The highest BCUT2D eigenvalue weighted by molar-refractivity contribution is 5.99. The van der Waals surface area contributed by atoms with Crippen LogP contribution in [0.1, 0.15) is 85.5 Å². The van der Waals surface area contributed by atoms with Crippen molar-refractivity contribution in [3.8, 4) is 0 Å². The number of ether oxygens (including phenoxy) is 8. The number of carbonyl (C=O) groups excluding carboxylic acids is 2. The number of aliphatic hydroxyl groups is 1. The molecule has 1 aromatic rings. The third-order valence-corrected chi connectivity index (χ3v) is 15.2. The number of anilines is 1. The lowest BCUT2D eigenvalue weighted by atomic mass is 9.62. The molecule has 5 fully saturated rings. The minimum atomic E-state index is -1.61. The van der Waals surface area contributed by atoms with Gasteiger partial charge in [-0.25, -0.2) is 13.2 Å². The zero-order valence-corrected chi connectivity index (χ0v) is 38.2. The highest BCUT2D eigenvalue weighted by Crippen LogP contribution is 2.57. The second-order valence-electron chi connectivity index (χ2n) is 19.0. The second-order valence-corrected chi connectivity index (χ2v) is 19.0. The third-order valence-electron chi connectivity index (χ3n) is 15.2. The highest BCUT2D eigenvalue weighted by Gasteiger charge is 2.60. The Hall–Kier alpha value is -2.67. The molecule has 2 N–H and O–H groups in total. The van der Waals surface area contributed by atoms with E-state index in [0.717, 1.165) is 18.6 Å². The lowest BCUT2D eigenvalue weighted by molar-refractivity contribution is -0.314. The van der Waals surface area contributed by atoms with E-state index in [2.05, 4.69) is 10.2 Å². The van der Waals surface area contributed by atoms with Crippen LogP contribution in [0.5, 0.6) is 0 Å². The number of aliphatic hydroxyl groups excluding tert-OH is 1. The van der Waals surface area contributed by atoms with E-state index in [9.17, 15) is 23.1 Å². The number of hydrogen-bond acceptors (Lipinski definition) is 13. The Morgan fingerprint density at radius 1 is 0.857 bits per heavy atom. The van der Waals surface area contributed by atoms with Crippen molar-refractivity contribution in [1.29, 1.82) is 0 Å². The Morgan fingerprint density at radius 2 is 1.54 bits per heavy atom. The average Bonchev–Trinajstić information content (AvgIpc) is 3.84. The molecule has 3 aliphatic carbocycles. The molecule has 3 heterocycles. The topological polar surface area (TPSA) is 143 Å². The maximum atomic E-state index is 15.1. The number of nitrogens with zero attached hydrogens (tertiary/aromatic N) is 1. The Kier molecular flexibility index (Phi) is 15.7. The second kappa shape index (κ2) is 20.5. The number of Topliss-reactive ketones (excluding diaryl/α,β-unsaturated/α-hetero) is 1. The van der Waals surface area contributed by atoms with Gasteiger partial charge in [-0.05, 0) is 109 Å². The van der Waals surface area contributed by atoms with Gasteiger partial charge >= 0.3 is 5.97 Å². The molecule has 16 heteroatoms. The van der Waals surface area contributed by atoms with Crippen LogP contribution in [0.3, 0.4) is 0 Å². The molecule has 19 atom stereocenters. The summed E-state index contributed by atoms with van der Waals surface area (Å²) in [7, 11) is 8.78. The Balaban J connectivity index is 1.23. The van der Waals surface area contributed by atoms with Crippen LogP contribution in [0.4, 0.5) is 18.9 Å². The molecule has 7 rings (SSSR count). The SMILES string of the molecule is CC[C@H]1CCC[C@H](O[C@H]2CC[C@H](N(C)C)C(C)O2)[C@@H](C)C(=O)C2=C[C@H]3[C@@H]4C[C@H](O[C@@H]5OC(C)[C@H](OC)C(OC)[C@@H]5OC)C[C@H]4[C@@H](O)[C@H](Nc4cc(F)c(F)c(F)c4)[C@H]3[C@@H]2CC(=O)O1. The van der Waals surface area contributed by atoms with Crippen LogP contribution in [0.25, 0.3) is 0 Å². The zero-order valence-electron chi connectivity index (χ0n) is 38.2. The predicted octanol–water partition coefficient (Wildman–Crippen LogP) is 6.19. The molecule has 3 aliphatic heterocycles. The van der Waals surface area contributed by atoms with Crippen molar-refractivity contribution in [2.45, 2.75) is 165 Å². The summed E-state index contributed by atoms with van der Waals surface area (Å²) in [6.07, 6.45) is 0.873. The van der Waals surface area contributed by atoms with Gasteiger partial charge in [0.1, 0.15) is 24.4 Å². The number of likely N-dealkylation sites (N-methyl/N-ethyl adjacent to an activating group) is 1. The molecule has 6 aliphatic rings. The number of esters is 1. The van der Waals surface area contributed by atoms with E-state index in [1.807, 2.05) is 47.9 Å². The Bertz CT molecular complexity index is 1770. The molecule has 0 amide bonds. The fraction of sp³-hybridized carbons (Fsp3) is 0.787. The molecule has 13 nitrogen and oxygen atoms in total. The zero-order chi connectivity index (χ0) is 45.4. The molecule has 0 spiro atoms. The van der Waals surface area contributed by atoms with E-state index in [1.165, 1.54) is 0 Å². The number of rotatable bonds is 11. The number of allylic oxidation sites excluding steroid dienone is 2. The lowest BCUT2D eigenvalue weighted by Crippen LogP contribution is -2.59.